The summed E-state index contributed by atoms with van der Waals surface area (Å²) in [4.78, 5) is 25.8. The average molecular weight is 279 g/mol. The standard InChI is InChI=1S/C16H13N3O2/c17-12-3-1-10(2-4-12)16(21)19-13-5-6-15-11(7-13)8-14(9-20)18-15/h1-9,18H,17H2,(H,19,21). The van der Waals surface area contributed by atoms with Crippen LogP contribution in [0.3, 0.4) is 0 Å². The van der Waals surface area contributed by atoms with E-state index in [2.05, 4.69) is 10.3 Å². The highest BCUT2D eigenvalue weighted by Crippen LogP contribution is 2.20. The van der Waals surface area contributed by atoms with Crippen LogP contribution in [0.1, 0.15) is 20.8 Å². The van der Waals surface area contributed by atoms with Gasteiger partial charge in [0.1, 0.15) is 0 Å². The van der Waals surface area contributed by atoms with Gasteiger partial charge in [-0.15, -0.1) is 0 Å². The zero-order valence-corrected chi connectivity index (χ0v) is 11.1. The molecule has 0 aliphatic carbocycles. The Hall–Kier alpha value is -3.08. The number of fused-ring (bicyclic) bond motifs is 1. The lowest BCUT2D eigenvalue weighted by molar-refractivity contribution is 0.102. The summed E-state index contributed by atoms with van der Waals surface area (Å²) in [5.41, 5.74) is 8.76. The lowest BCUT2D eigenvalue weighted by atomic mass is 10.2. The summed E-state index contributed by atoms with van der Waals surface area (Å²) in [5, 5.41) is 3.68. The largest absolute Gasteiger partial charge is 0.399 e. The summed E-state index contributed by atoms with van der Waals surface area (Å²) in [6, 6.07) is 13.9. The van der Waals surface area contributed by atoms with E-state index in [4.69, 9.17) is 5.73 Å². The summed E-state index contributed by atoms with van der Waals surface area (Å²) >= 11 is 0. The first kappa shape index (κ1) is 12.9. The Morgan fingerprint density at radius 3 is 2.57 bits per heavy atom. The molecule has 21 heavy (non-hydrogen) atoms. The predicted octanol–water partition coefficient (Wildman–Crippen LogP) is 2.81. The van der Waals surface area contributed by atoms with Gasteiger partial charge in [-0.3, -0.25) is 9.59 Å². The fourth-order valence-electron chi connectivity index (χ4n) is 2.13. The summed E-state index contributed by atoms with van der Waals surface area (Å²) in [5.74, 6) is -0.208. The van der Waals surface area contributed by atoms with Crippen molar-refractivity contribution in [3.8, 4) is 0 Å². The lowest BCUT2D eigenvalue weighted by Crippen LogP contribution is -2.11. The third-order valence-electron chi connectivity index (χ3n) is 3.20. The maximum Gasteiger partial charge on any atom is 0.255 e. The van der Waals surface area contributed by atoms with Crippen LogP contribution < -0.4 is 11.1 Å². The first-order chi connectivity index (χ1) is 10.2. The molecule has 3 aromatic rings. The number of carbonyl (C=O) groups excluding carboxylic acids is 2. The number of aldehydes is 1. The molecule has 1 heterocycles. The molecule has 0 atom stereocenters. The average Bonchev–Trinajstić information content (AvgIpc) is 2.90. The van der Waals surface area contributed by atoms with Crippen molar-refractivity contribution in [2.75, 3.05) is 11.1 Å². The van der Waals surface area contributed by atoms with E-state index in [9.17, 15) is 9.59 Å². The minimum absolute atomic E-state index is 0.208. The molecule has 0 fully saturated rings. The molecule has 0 unspecified atom stereocenters. The third kappa shape index (κ3) is 2.62. The molecular weight excluding hydrogens is 266 g/mol. The number of amides is 1. The molecule has 104 valence electrons. The van der Waals surface area contributed by atoms with Gasteiger partial charge >= 0.3 is 0 Å². The van der Waals surface area contributed by atoms with E-state index in [1.54, 1.807) is 36.4 Å². The number of anilines is 2. The summed E-state index contributed by atoms with van der Waals surface area (Å²) in [6.45, 7) is 0. The Labute approximate surface area is 120 Å². The van der Waals surface area contributed by atoms with Gasteiger partial charge in [0.2, 0.25) is 0 Å². The summed E-state index contributed by atoms with van der Waals surface area (Å²) in [6.07, 6.45) is 0.757. The smallest absolute Gasteiger partial charge is 0.255 e. The van der Waals surface area contributed by atoms with E-state index in [1.807, 2.05) is 12.1 Å². The maximum absolute atomic E-state index is 12.1. The van der Waals surface area contributed by atoms with E-state index < -0.39 is 0 Å². The fourth-order valence-corrected chi connectivity index (χ4v) is 2.13. The van der Waals surface area contributed by atoms with Gasteiger partial charge in [-0.05, 0) is 48.5 Å². The van der Waals surface area contributed by atoms with Gasteiger partial charge in [0.25, 0.3) is 5.91 Å². The lowest BCUT2D eigenvalue weighted by Gasteiger charge is -2.05. The van der Waals surface area contributed by atoms with Gasteiger partial charge in [0, 0.05) is 27.8 Å². The Morgan fingerprint density at radius 2 is 1.86 bits per heavy atom. The number of H-pyrrole nitrogens is 1. The number of hydrogen-bond acceptors (Lipinski definition) is 3. The number of benzene rings is 2. The number of aromatic nitrogens is 1. The number of nitrogens with one attached hydrogen (secondary N) is 2. The first-order valence-corrected chi connectivity index (χ1v) is 6.40. The van der Waals surface area contributed by atoms with E-state index in [-0.39, 0.29) is 5.91 Å². The monoisotopic (exact) mass is 279 g/mol. The molecule has 0 saturated carbocycles. The number of hydrogen-bond donors (Lipinski definition) is 3. The van der Waals surface area contributed by atoms with Gasteiger partial charge in [-0.1, -0.05) is 0 Å². The molecule has 5 nitrogen and oxygen atoms in total. The highest BCUT2D eigenvalue weighted by atomic mass is 16.1. The van der Waals surface area contributed by atoms with Crippen molar-refractivity contribution in [1.29, 1.82) is 0 Å². The highest BCUT2D eigenvalue weighted by Gasteiger charge is 2.07. The molecular formula is C16H13N3O2. The van der Waals surface area contributed by atoms with Crippen molar-refractivity contribution in [3.63, 3.8) is 0 Å². The predicted molar refractivity (Wildman–Crippen MR) is 82.5 cm³/mol. The van der Waals surface area contributed by atoms with Crippen LogP contribution in [0.25, 0.3) is 10.9 Å². The molecule has 1 aromatic heterocycles. The Morgan fingerprint density at radius 1 is 1.10 bits per heavy atom. The van der Waals surface area contributed by atoms with Gasteiger partial charge in [0.15, 0.2) is 6.29 Å². The molecule has 0 spiro atoms. The number of aromatic amines is 1. The van der Waals surface area contributed by atoms with Crippen LogP contribution in [0.5, 0.6) is 0 Å². The number of rotatable bonds is 3. The molecule has 3 rings (SSSR count). The van der Waals surface area contributed by atoms with Crippen molar-refractivity contribution >= 4 is 34.5 Å². The topological polar surface area (TPSA) is 88.0 Å². The van der Waals surface area contributed by atoms with Gasteiger partial charge in [-0.2, -0.15) is 0 Å². The van der Waals surface area contributed by atoms with E-state index >= 15 is 0 Å². The molecule has 4 N–H and O–H groups in total. The maximum atomic E-state index is 12.1. The second kappa shape index (κ2) is 5.13. The first-order valence-electron chi connectivity index (χ1n) is 6.40. The number of nitrogens with two attached hydrogens (primary N) is 1. The van der Waals surface area contributed by atoms with Crippen molar-refractivity contribution < 1.29 is 9.59 Å². The van der Waals surface area contributed by atoms with Gasteiger partial charge in [0.05, 0.1) is 5.69 Å². The molecule has 0 radical (unpaired) electrons. The van der Waals surface area contributed by atoms with Crippen molar-refractivity contribution in [1.82, 2.24) is 4.98 Å². The molecule has 2 aromatic carbocycles. The minimum atomic E-state index is -0.208. The molecule has 1 amide bonds. The quantitative estimate of drug-likeness (QED) is 0.509. The van der Waals surface area contributed by atoms with Crippen molar-refractivity contribution in [3.05, 3.63) is 59.8 Å². The zero-order chi connectivity index (χ0) is 14.8. The summed E-state index contributed by atoms with van der Waals surface area (Å²) < 4.78 is 0. The Kier molecular flexibility index (Phi) is 3.16. The van der Waals surface area contributed by atoms with Crippen LogP contribution in [0.2, 0.25) is 0 Å². The van der Waals surface area contributed by atoms with Crippen LogP contribution in [-0.4, -0.2) is 17.2 Å². The Bertz CT molecular complexity index is 819. The normalized spacial score (nSPS) is 10.5. The van der Waals surface area contributed by atoms with Crippen LogP contribution in [0, 0.1) is 0 Å². The van der Waals surface area contributed by atoms with E-state index in [1.165, 1.54) is 0 Å². The number of nitrogen functional groups attached to an aromatic ring is 1. The van der Waals surface area contributed by atoms with Crippen LogP contribution in [0.4, 0.5) is 11.4 Å². The van der Waals surface area contributed by atoms with Crippen molar-refractivity contribution in [2.24, 2.45) is 0 Å². The molecule has 0 saturated heterocycles. The van der Waals surface area contributed by atoms with E-state index in [0.29, 0.717) is 22.6 Å². The van der Waals surface area contributed by atoms with Crippen LogP contribution >= 0.6 is 0 Å². The van der Waals surface area contributed by atoms with Crippen molar-refractivity contribution in [2.45, 2.75) is 0 Å². The molecule has 0 aliphatic heterocycles. The second-order valence-electron chi connectivity index (χ2n) is 4.72. The molecule has 5 heteroatoms. The fraction of sp³-hybridized carbons (Fsp3) is 0. The third-order valence-corrected chi connectivity index (χ3v) is 3.20. The second-order valence-corrected chi connectivity index (χ2v) is 4.72. The minimum Gasteiger partial charge on any atom is -0.399 e. The van der Waals surface area contributed by atoms with Crippen LogP contribution in [0.15, 0.2) is 48.5 Å². The molecule has 0 aliphatic rings. The summed E-state index contributed by atoms with van der Waals surface area (Å²) in [7, 11) is 0. The highest BCUT2D eigenvalue weighted by molar-refractivity contribution is 6.05. The van der Waals surface area contributed by atoms with E-state index in [0.717, 1.165) is 17.2 Å². The van der Waals surface area contributed by atoms with Gasteiger partial charge in [-0.25, -0.2) is 0 Å². The molecule has 0 bridgehead atoms. The van der Waals surface area contributed by atoms with Gasteiger partial charge < -0.3 is 16.0 Å². The number of carbonyl (C=O) groups is 2. The SMILES string of the molecule is Nc1ccc(C(=O)Nc2ccc3[nH]c(C=O)cc3c2)cc1. The zero-order valence-electron chi connectivity index (χ0n) is 11.1. The van der Waals surface area contributed by atoms with Crippen LogP contribution in [-0.2, 0) is 0 Å². The Balaban J connectivity index is 1.85.